The van der Waals surface area contributed by atoms with E-state index in [4.69, 9.17) is 4.74 Å². The molecule has 1 N–H and O–H groups in total. The lowest BCUT2D eigenvalue weighted by Gasteiger charge is -2.14. The second kappa shape index (κ2) is 9.80. The molecule has 3 aromatic rings. The number of benzene rings is 1. The number of aryl methyl sites for hydroxylation is 1. The number of hydrogen-bond acceptors (Lipinski definition) is 5. The van der Waals surface area contributed by atoms with Gasteiger partial charge in [0.15, 0.2) is 11.2 Å². The van der Waals surface area contributed by atoms with Crippen LogP contribution in [0.5, 0.6) is 0 Å². The van der Waals surface area contributed by atoms with Crippen molar-refractivity contribution in [1.29, 1.82) is 0 Å². The monoisotopic (exact) mass is 385 g/mol. The van der Waals surface area contributed by atoms with Crippen molar-refractivity contribution in [3.05, 3.63) is 52.6 Å². The quantitative estimate of drug-likeness (QED) is 0.704. The molecule has 2 heterocycles. The van der Waals surface area contributed by atoms with Crippen LogP contribution in [0, 0.1) is 5.92 Å². The van der Waals surface area contributed by atoms with Crippen LogP contribution in [0.3, 0.4) is 0 Å². The summed E-state index contributed by atoms with van der Waals surface area (Å²) in [6.07, 6.45) is 1.52. The average Bonchev–Trinajstić information content (AvgIpc) is 3.07. The molecule has 8 heteroatoms. The van der Waals surface area contributed by atoms with E-state index in [-0.39, 0.29) is 35.6 Å². The van der Waals surface area contributed by atoms with Gasteiger partial charge in [-0.25, -0.2) is 4.98 Å². The summed E-state index contributed by atoms with van der Waals surface area (Å²) in [4.78, 5) is 33.4. The van der Waals surface area contributed by atoms with Crippen molar-refractivity contribution < 1.29 is 9.53 Å². The number of rotatable bonds is 6. The van der Waals surface area contributed by atoms with Crippen LogP contribution in [0.15, 0.2) is 41.5 Å². The molecule has 150 valence electrons. The number of nitrogens with zero attached hydrogens (tertiary/aromatic N) is 4. The molecule has 0 bridgehead atoms. The third-order valence-corrected chi connectivity index (χ3v) is 3.91. The second-order valence-electron chi connectivity index (χ2n) is 6.30. The Bertz CT molecular complexity index is 977. The lowest BCUT2D eigenvalue weighted by molar-refractivity contribution is -0.119. The van der Waals surface area contributed by atoms with E-state index >= 15 is 0 Å². The molecule has 0 aliphatic heterocycles. The van der Waals surface area contributed by atoms with Crippen LogP contribution in [-0.4, -0.2) is 25.0 Å². The van der Waals surface area contributed by atoms with Gasteiger partial charge in [0.1, 0.15) is 6.73 Å². The Labute approximate surface area is 164 Å². The van der Waals surface area contributed by atoms with Crippen molar-refractivity contribution in [3.63, 3.8) is 0 Å². The summed E-state index contributed by atoms with van der Waals surface area (Å²) in [6.45, 7) is 7.84. The minimum atomic E-state index is -0.359. The van der Waals surface area contributed by atoms with Gasteiger partial charge in [0, 0.05) is 13.0 Å². The van der Waals surface area contributed by atoms with Crippen LogP contribution in [-0.2, 0) is 29.9 Å². The van der Waals surface area contributed by atoms with E-state index < -0.39 is 0 Å². The molecule has 2 aromatic heterocycles. The van der Waals surface area contributed by atoms with Gasteiger partial charge in [0.25, 0.3) is 5.56 Å². The zero-order valence-corrected chi connectivity index (χ0v) is 17.0. The van der Waals surface area contributed by atoms with E-state index in [2.05, 4.69) is 15.3 Å². The normalized spacial score (nSPS) is 10.6. The molecule has 3 rings (SSSR count). The second-order valence-corrected chi connectivity index (χ2v) is 6.30. The predicted octanol–water partition coefficient (Wildman–Crippen LogP) is 2.93. The third kappa shape index (κ3) is 4.83. The van der Waals surface area contributed by atoms with Crippen molar-refractivity contribution >= 4 is 23.0 Å². The van der Waals surface area contributed by atoms with E-state index in [1.165, 1.54) is 10.9 Å². The molecule has 0 aliphatic carbocycles. The van der Waals surface area contributed by atoms with Crippen LogP contribution in [0.25, 0.3) is 11.2 Å². The molecule has 1 amide bonds. The Kier molecular flexibility index (Phi) is 7.45. The first-order chi connectivity index (χ1) is 13.5. The van der Waals surface area contributed by atoms with Crippen LogP contribution in [0.4, 0.5) is 5.95 Å². The average molecular weight is 385 g/mol. The number of anilines is 1. The number of imidazole rings is 1. The molecule has 0 unspecified atom stereocenters. The highest BCUT2D eigenvalue weighted by Crippen LogP contribution is 2.12. The molecular weight excluding hydrogens is 358 g/mol. The highest BCUT2D eigenvalue weighted by atomic mass is 16.5. The molecule has 0 radical (unpaired) electrons. The Morgan fingerprint density at radius 2 is 1.89 bits per heavy atom. The van der Waals surface area contributed by atoms with Crippen molar-refractivity contribution in [2.45, 2.75) is 41.0 Å². The number of hydrogen-bond donors (Lipinski definition) is 1. The largest absolute Gasteiger partial charge is 0.356 e. The lowest BCUT2D eigenvalue weighted by Crippen LogP contribution is -2.30. The Morgan fingerprint density at radius 3 is 2.54 bits per heavy atom. The number of carbonyl (C=O) groups excluding carboxylic acids is 1. The van der Waals surface area contributed by atoms with Crippen LogP contribution >= 0.6 is 0 Å². The van der Waals surface area contributed by atoms with E-state index in [9.17, 15) is 9.59 Å². The van der Waals surface area contributed by atoms with Crippen molar-refractivity contribution in [2.24, 2.45) is 13.0 Å². The van der Waals surface area contributed by atoms with Gasteiger partial charge in [-0.2, -0.15) is 4.98 Å². The van der Waals surface area contributed by atoms with Crippen molar-refractivity contribution in [1.82, 2.24) is 19.1 Å². The van der Waals surface area contributed by atoms with Crippen LogP contribution in [0.2, 0.25) is 0 Å². The van der Waals surface area contributed by atoms with E-state index in [1.54, 1.807) is 25.5 Å². The van der Waals surface area contributed by atoms with Crippen LogP contribution < -0.4 is 10.9 Å². The first kappa shape index (κ1) is 21.3. The van der Waals surface area contributed by atoms with Gasteiger partial charge in [-0.15, -0.1) is 0 Å². The summed E-state index contributed by atoms with van der Waals surface area (Å²) in [5.41, 5.74) is 1.27. The van der Waals surface area contributed by atoms with E-state index in [1.807, 2.05) is 44.2 Å². The standard InChI is InChI=1S/C18H21N5O3.C2H6/c1-12(2)16(24)21-18-20-15-14(19-10-22(15)3)17(25)23(18)11-26-9-13-7-5-4-6-8-13;1-2/h4-8,10,12H,9,11H2,1-3H3,(H,20,21,24);1-2H3. The predicted molar refractivity (Wildman–Crippen MR) is 109 cm³/mol. The number of ether oxygens (including phenoxy) is 1. The maximum atomic E-state index is 12.8. The van der Waals surface area contributed by atoms with Gasteiger partial charge in [0.05, 0.1) is 12.9 Å². The fraction of sp³-hybridized carbons (Fsp3) is 0.400. The Hall–Kier alpha value is -3.00. The summed E-state index contributed by atoms with van der Waals surface area (Å²) in [5, 5.41) is 2.70. The van der Waals surface area contributed by atoms with Crippen molar-refractivity contribution in [3.8, 4) is 0 Å². The van der Waals surface area contributed by atoms with Crippen LogP contribution in [0.1, 0.15) is 33.3 Å². The summed E-state index contributed by atoms with van der Waals surface area (Å²) >= 11 is 0. The molecule has 8 nitrogen and oxygen atoms in total. The smallest absolute Gasteiger partial charge is 0.285 e. The molecule has 0 aliphatic rings. The minimum Gasteiger partial charge on any atom is -0.356 e. The first-order valence-electron chi connectivity index (χ1n) is 9.31. The Morgan fingerprint density at radius 1 is 1.21 bits per heavy atom. The molecule has 28 heavy (non-hydrogen) atoms. The first-order valence-corrected chi connectivity index (χ1v) is 9.31. The van der Waals surface area contributed by atoms with Gasteiger partial charge in [-0.1, -0.05) is 58.0 Å². The maximum absolute atomic E-state index is 12.8. The molecular formula is C20H27N5O3. The zero-order chi connectivity index (χ0) is 20.7. The van der Waals surface area contributed by atoms with E-state index in [0.717, 1.165) is 5.56 Å². The van der Waals surface area contributed by atoms with Gasteiger partial charge in [-0.05, 0) is 5.56 Å². The van der Waals surface area contributed by atoms with Gasteiger partial charge in [-0.3, -0.25) is 19.5 Å². The van der Waals surface area contributed by atoms with Gasteiger partial charge < -0.3 is 9.30 Å². The zero-order valence-electron chi connectivity index (χ0n) is 17.0. The summed E-state index contributed by atoms with van der Waals surface area (Å²) in [7, 11) is 1.74. The number of nitrogens with one attached hydrogen (secondary N) is 1. The number of carbonyl (C=O) groups is 1. The van der Waals surface area contributed by atoms with Gasteiger partial charge >= 0.3 is 0 Å². The SMILES string of the molecule is CC.CC(C)C(=O)Nc1nc2c(ncn2C)c(=O)n1COCc1ccccc1. The highest BCUT2D eigenvalue weighted by Gasteiger charge is 2.17. The third-order valence-electron chi connectivity index (χ3n) is 3.91. The maximum Gasteiger partial charge on any atom is 0.285 e. The minimum absolute atomic E-state index is 0.0407. The topological polar surface area (TPSA) is 91.0 Å². The molecule has 0 spiro atoms. The summed E-state index contributed by atoms with van der Waals surface area (Å²) in [6, 6.07) is 9.63. The van der Waals surface area contributed by atoms with Crippen molar-refractivity contribution in [2.75, 3.05) is 5.32 Å². The fourth-order valence-electron chi connectivity index (χ4n) is 2.39. The fourth-order valence-corrected chi connectivity index (χ4v) is 2.39. The number of fused-ring (bicyclic) bond motifs is 1. The number of aromatic nitrogens is 4. The molecule has 0 saturated carbocycles. The Balaban J connectivity index is 0.00000136. The highest BCUT2D eigenvalue weighted by molar-refractivity contribution is 5.91. The van der Waals surface area contributed by atoms with E-state index in [0.29, 0.717) is 12.3 Å². The summed E-state index contributed by atoms with van der Waals surface area (Å²) in [5.74, 6) is -0.319. The molecule has 0 saturated heterocycles. The van der Waals surface area contributed by atoms with Gasteiger partial charge in [0.2, 0.25) is 11.9 Å². The molecule has 0 fully saturated rings. The molecule has 0 atom stereocenters. The molecule has 1 aromatic carbocycles. The lowest BCUT2D eigenvalue weighted by atomic mass is 10.2. The number of amides is 1. The summed E-state index contributed by atoms with van der Waals surface area (Å²) < 4.78 is 8.59.